The first-order valence-corrected chi connectivity index (χ1v) is 4.66. The lowest BCUT2D eigenvalue weighted by Crippen LogP contribution is -2.29. The highest BCUT2D eigenvalue weighted by Crippen LogP contribution is 2.08. The highest BCUT2D eigenvalue weighted by atomic mass is 35.5. The monoisotopic (exact) mass is 211 g/mol. The zero-order valence-electron chi connectivity index (χ0n) is 7.90. The predicted octanol–water partition coefficient (Wildman–Crippen LogP) is 1.58. The SMILES string of the molecule is Cl.O=C1CCNC1Cc1ccccc1. The van der Waals surface area contributed by atoms with Crippen LogP contribution < -0.4 is 5.32 Å². The summed E-state index contributed by atoms with van der Waals surface area (Å²) in [6, 6.07) is 10.2. The van der Waals surface area contributed by atoms with Gasteiger partial charge in [0.2, 0.25) is 0 Å². The maximum Gasteiger partial charge on any atom is 0.151 e. The van der Waals surface area contributed by atoms with E-state index in [1.54, 1.807) is 0 Å². The Morgan fingerprint density at radius 3 is 2.57 bits per heavy atom. The summed E-state index contributed by atoms with van der Waals surface area (Å²) in [6.45, 7) is 0.844. The summed E-state index contributed by atoms with van der Waals surface area (Å²) >= 11 is 0. The molecule has 2 nitrogen and oxygen atoms in total. The van der Waals surface area contributed by atoms with Crippen LogP contribution in [0.4, 0.5) is 0 Å². The van der Waals surface area contributed by atoms with Crippen molar-refractivity contribution in [1.29, 1.82) is 0 Å². The standard InChI is InChI=1S/C11H13NO.ClH/c13-11-6-7-12-10(11)8-9-4-2-1-3-5-9;/h1-5,10,12H,6-8H2;1H. The summed E-state index contributed by atoms with van der Waals surface area (Å²) in [5.74, 6) is 0.351. The molecule has 0 bridgehead atoms. The fourth-order valence-electron chi connectivity index (χ4n) is 1.69. The van der Waals surface area contributed by atoms with Gasteiger partial charge in [-0.25, -0.2) is 0 Å². The van der Waals surface area contributed by atoms with Gasteiger partial charge in [-0.3, -0.25) is 4.79 Å². The largest absolute Gasteiger partial charge is 0.307 e. The molecule has 0 amide bonds. The van der Waals surface area contributed by atoms with Crippen molar-refractivity contribution in [2.45, 2.75) is 18.9 Å². The Bertz CT molecular complexity index is 299. The van der Waals surface area contributed by atoms with Crippen molar-refractivity contribution >= 4 is 18.2 Å². The smallest absolute Gasteiger partial charge is 0.151 e. The van der Waals surface area contributed by atoms with Crippen molar-refractivity contribution in [3.05, 3.63) is 35.9 Å². The minimum absolute atomic E-state index is 0. The Balaban J connectivity index is 0.000000980. The predicted molar refractivity (Wildman–Crippen MR) is 58.8 cm³/mol. The van der Waals surface area contributed by atoms with Gasteiger partial charge in [-0.2, -0.15) is 0 Å². The maximum atomic E-state index is 11.3. The van der Waals surface area contributed by atoms with Gasteiger partial charge in [0.1, 0.15) is 0 Å². The summed E-state index contributed by atoms with van der Waals surface area (Å²) in [5.41, 5.74) is 1.23. The molecule has 1 atom stereocenters. The number of nitrogens with one attached hydrogen (secondary N) is 1. The quantitative estimate of drug-likeness (QED) is 0.805. The second-order valence-corrected chi connectivity index (χ2v) is 3.41. The number of ketones is 1. The lowest BCUT2D eigenvalue weighted by atomic mass is 10.0. The lowest BCUT2D eigenvalue weighted by molar-refractivity contribution is -0.118. The Morgan fingerprint density at radius 1 is 1.29 bits per heavy atom. The lowest BCUT2D eigenvalue weighted by Gasteiger charge is -2.07. The molecule has 0 aliphatic carbocycles. The molecular weight excluding hydrogens is 198 g/mol. The van der Waals surface area contributed by atoms with Gasteiger partial charge in [-0.15, -0.1) is 12.4 Å². The first kappa shape index (κ1) is 11.2. The van der Waals surface area contributed by atoms with E-state index in [1.165, 1.54) is 5.56 Å². The molecule has 1 aromatic carbocycles. The minimum atomic E-state index is 0. The normalized spacial score (nSPS) is 20.6. The van der Waals surface area contributed by atoms with Crippen LogP contribution in [0, 0.1) is 0 Å². The molecule has 1 heterocycles. The van der Waals surface area contributed by atoms with Crippen LogP contribution in [-0.4, -0.2) is 18.4 Å². The number of rotatable bonds is 2. The average Bonchev–Trinajstić information content (AvgIpc) is 2.54. The molecule has 1 unspecified atom stereocenters. The van der Waals surface area contributed by atoms with E-state index in [4.69, 9.17) is 0 Å². The maximum absolute atomic E-state index is 11.3. The topological polar surface area (TPSA) is 29.1 Å². The van der Waals surface area contributed by atoms with Crippen molar-refractivity contribution in [3.8, 4) is 0 Å². The van der Waals surface area contributed by atoms with Crippen LogP contribution in [-0.2, 0) is 11.2 Å². The van der Waals surface area contributed by atoms with Crippen molar-refractivity contribution < 1.29 is 4.79 Å². The van der Waals surface area contributed by atoms with Crippen LogP contribution in [0.15, 0.2) is 30.3 Å². The highest BCUT2D eigenvalue weighted by molar-refractivity contribution is 5.86. The summed E-state index contributed by atoms with van der Waals surface area (Å²) < 4.78 is 0. The number of halogens is 1. The summed E-state index contributed by atoms with van der Waals surface area (Å²) in [7, 11) is 0. The molecule has 14 heavy (non-hydrogen) atoms. The molecule has 2 rings (SSSR count). The summed E-state index contributed by atoms with van der Waals surface area (Å²) in [6.07, 6.45) is 1.52. The van der Waals surface area contributed by atoms with Crippen LogP contribution in [0.1, 0.15) is 12.0 Å². The van der Waals surface area contributed by atoms with Crippen molar-refractivity contribution in [2.75, 3.05) is 6.54 Å². The molecule has 0 saturated carbocycles. The number of carbonyl (C=O) groups is 1. The second-order valence-electron chi connectivity index (χ2n) is 3.41. The molecule has 1 aliphatic rings. The first-order chi connectivity index (χ1) is 6.36. The molecule has 3 heteroatoms. The molecule has 1 saturated heterocycles. The Labute approximate surface area is 90.1 Å². The van der Waals surface area contributed by atoms with E-state index in [0.29, 0.717) is 12.2 Å². The summed E-state index contributed by atoms with van der Waals surface area (Å²) in [4.78, 5) is 11.3. The number of carbonyl (C=O) groups excluding carboxylic acids is 1. The van der Waals surface area contributed by atoms with Crippen molar-refractivity contribution in [3.63, 3.8) is 0 Å². The molecular formula is C11H14ClNO. The van der Waals surface area contributed by atoms with Crippen LogP contribution in [0.3, 0.4) is 0 Å². The van der Waals surface area contributed by atoms with Gasteiger partial charge in [-0.05, 0) is 12.0 Å². The fourth-order valence-corrected chi connectivity index (χ4v) is 1.69. The summed E-state index contributed by atoms with van der Waals surface area (Å²) in [5, 5.41) is 3.21. The Kier molecular flexibility index (Phi) is 4.11. The van der Waals surface area contributed by atoms with Crippen molar-refractivity contribution in [2.24, 2.45) is 0 Å². The number of Topliss-reactive ketones (excluding diaryl/α,β-unsaturated/α-hetero) is 1. The van der Waals surface area contributed by atoms with E-state index in [-0.39, 0.29) is 18.4 Å². The fraction of sp³-hybridized carbons (Fsp3) is 0.364. The van der Waals surface area contributed by atoms with Gasteiger partial charge >= 0.3 is 0 Å². The molecule has 1 aromatic rings. The molecule has 1 N–H and O–H groups in total. The highest BCUT2D eigenvalue weighted by Gasteiger charge is 2.23. The van der Waals surface area contributed by atoms with E-state index in [1.807, 2.05) is 18.2 Å². The first-order valence-electron chi connectivity index (χ1n) is 4.66. The van der Waals surface area contributed by atoms with Crippen molar-refractivity contribution in [1.82, 2.24) is 5.32 Å². The molecule has 76 valence electrons. The average molecular weight is 212 g/mol. The molecule has 0 radical (unpaired) electrons. The molecule has 1 aliphatic heterocycles. The third-order valence-electron chi connectivity index (χ3n) is 2.43. The van der Waals surface area contributed by atoms with Gasteiger partial charge in [0.25, 0.3) is 0 Å². The molecule has 0 aromatic heterocycles. The number of hydrogen-bond acceptors (Lipinski definition) is 2. The van der Waals surface area contributed by atoms with Gasteiger partial charge in [0.15, 0.2) is 5.78 Å². The van der Waals surface area contributed by atoms with Gasteiger partial charge in [0.05, 0.1) is 6.04 Å². The molecule has 0 spiro atoms. The van der Waals surface area contributed by atoms with Crippen LogP contribution in [0.5, 0.6) is 0 Å². The van der Waals surface area contributed by atoms with E-state index >= 15 is 0 Å². The van der Waals surface area contributed by atoms with E-state index in [2.05, 4.69) is 17.4 Å². The van der Waals surface area contributed by atoms with E-state index < -0.39 is 0 Å². The zero-order chi connectivity index (χ0) is 9.10. The third-order valence-corrected chi connectivity index (χ3v) is 2.43. The van der Waals surface area contributed by atoms with Crippen LogP contribution >= 0.6 is 12.4 Å². The second kappa shape index (κ2) is 5.13. The van der Waals surface area contributed by atoms with Gasteiger partial charge in [0, 0.05) is 13.0 Å². The van der Waals surface area contributed by atoms with Gasteiger partial charge < -0.3 is 5.32 Å². The van der Waals surface area contributed by atoms with E-state index in [9.17, 15) is 4.79 Å². The number of hydrogen-bond donors (Lipinski definition) is 1. The minimum Gasteiger partial charge on any atom is -0.307 e. The Morgan fingerprint density at radius 2 is 2.00 bits per heavy atom. The van der Waals surface area contributed by atoms with Gasteiger partial charge in [-0.1, -0.05) is 30.3 Å². The molecule has 1 fully saturated rings. The zero-order valence-corrected chi connectivity index (χ0v) is 8.72. The number of benzene rings is 1. The van der Waals surface area contributed by atoms with Crippen LogP contribution in [0.25, 0.3) is 0 Å². The van der Waals surface area contributed by atoms with E-state index in [0.717, 1.165) is 13.0 Å². The van der Waals surface area contributed by atoms with Crippen LogP contribution in [0.2, 0.25) is 0 Å². The third kappa shape index (κ3) is 2.56. The Hall–Kier alpha value is -0.860.